The van der Waals surface area contributed by atoms with Crippen LogP contribution in [0.1, 0.15) is 26.3 Å². The summed E-state index contributed by atoms with van der Waals surface area (Å²) in [5.41, 5.74) is 7.44. The van der Waals surface area contributed by atoms with Crippen molar-refractivity contribution in [3.63, 3.8) is 0 Å². The van der Waals surface area contributed by atoms with Gasteiger partial charge in [0.15, 0.2) is 5.84 Å². The van der Waals surface area contributed by atoms with E-state index in [0.29, 0.717) is 33.9 Å². The summed E-state index contributed by atoms with van der Waals surface area (Å²) in [6, 6.07) is 17.7. The van der Waals surface area contributed by atoms with Crippen LogP contribution in [-0.2, 0) is 0 Å². The van der Waals surface area contributed by atoms with E-state index in [1.54, 1.807) is 60.7 Å². The van der Waals surface area contributed by atoms with Crippen molar-refractivity contribution in [2.24, 2.45) is 10.9 Å². The zero-order chi connectivity index (χ0) is 23.1. The number of nitrogens with two attached hydrogens (primary N) is 1. The van der Waals surface area contributed by atoms with Crippen LogP contribution in [0.15, 0.2) is 71.9 Å². The number of carbonyl (C=O) groups is 2. The highest BCUT2D eigenvalue weighted by Crippen LogP contribution is 2.25. The summed E-state index contributed by atoms with van der Waals surface area (Å²) >= 11 is 0. The molecule has 0 aliphatic heterocycles. The van der Waals surface area contributed by atoms with E-state index < -0.39 is 5.91 Å². The summed E-state index contributed by atoms with van der Waals surface area (Å²) in [4.78, 5) is 25.5. The molecule has 0 radical (unpaired) electrons. The lowest BCUT2D eigenvalue weighted by molar-refractivity contribution is 0.101. The van der Waals surface area contributed by atoms with Crippen LogP contribution in [0.2, 0.25) is 0 Å². The number of oxime groups is 1. The van der Waals surface area contributed by atoms with Gasteiger partial charge in [-0.1, -0.05) is 5.16 Å². The first kappa shape index (κ1) is 22.2. The van der Waals surface area contributed by atoms with Crippen molar-refractivity contribution in [3.8, 4) is 11.5 Å². The molecule has 0 fully saturated rings. The highest BCUT2D eigenvalue weighted by molar-refractivity contribution is 6.11. The van der Waals surface area contributed by atoms with Crippen LogP contribution < -0.4 is 25.8 Å². The third-order valence-electron chi connectivity index (χ3n) is 4.62. The topological polar surface area (TPSA) is 135 Å². The Kier molecular flexibility index (Phi) is 6.92. The molecule has 0 spiro atoms. The molecule has 32 heavy (non-hydrogen) atoms. The third kappa shape index (κ3) is 5.14. The van der Waals surface area contributed by atoms with Gasteiger partial charge >= 0.3 is 0 Å². The molecule has 0 aliphatic rings. The van der Waals surface area contributed by atoms with Crippen LogP contribution in [0, 0.1) is 0 Å². The van der Waals surface area contributed by atoms with Gasteiger partial charge in [-0.25, -0.2) is 0 Å². The van der Waals surface area contributed by atoms with Gasteiger partial charge in [0.25, 0.3) is 11.8 Å². The molecule has 0 atom stereocenters. The number of nitrogens with one attached hydrogen (secondary N) is 2. The van der Waals surface area contributed by atoms with Crippen molar-refractivity contribution in [2.45, 2.75) is 0 Å². The van der Waals surface area contributed by atoms with Crippen molar-refractivity contribution in [1.29, 1.82) is 0 Å². The van der Waals surface area contributed by atoms with Crippen LogP contribution in [0.5, 0.6) is 11.5 Å². The standard InChI is InChI=1S/C23H22N4O5/c1-31-17-8-3-14(4-9-17)22(28)25-19-12-7-16(21(24)27-30)13-20(19)26-23(29)15-5-10-18(32-2)11-6-15/h3-13,30H,1-2H3,(H2,24,27)(H,25,28)(H,26,29). The Morgan fingerprint density at radius 1 is 0.750 bits per heavy atom. The Morgan fingerprint density at radius 3 is 1.62 bits per heavy atom. The highest BCUT2D eigenvalue weighted by atomic mass is 16.5. The molecule has 2 amide bonds. The maximum Gasteiger partial charge on any atom is 0.255 e. The number of carbonyl (C=O) groups excluding carboxylic acids is 2. The van der Waals surface area contributed by atoms with E-state index in [0.717, 1.165) is 0 Å². The molecule has 0 aromatic heterocycles. The van der Waals surface area contributed by atoms with Gasteiger partial charge in [-0.2, -0.15) is 0 Å². The number of hydrogen-bond acceptors (Lipinski definition) is 6. The fraction of sp³-hybridized carbons (Fsp3) is 0.0870. The predicted molar refractivity (Wildman–Crippen MR) is 121 cm³/mol. The van der Waals surface area contributed by atoms with E-state index >= 15 is 0 Å². The summed E-state index contributed by atoms with van der Waals surface area (Å²) in [6.45, 7) is 0. The molecule has 3 aromatic carbocycles. The summed E-state index contributed by atoms with van der Waals surface area (Å²) < 4.78 is 10.2. The average Bonchev–Trinajstić information content (AvgIpc) is 2.84. The number of hydrogen-bond donors (Lipinski definition) is 4. The van der Waals surface area contributed by atoms with Crippen LogP contribution in [0.3, 0.4) is 0 Å². The molecule has 0 saturated carbocycles. The van der Waals surface area contributed by atoms with Crippen LogP contribution in [-0.4, -0.2) is 37.1 Å². The zero-order valence-electron chi connectivity index (χ0n) is 17.5. The fourth-order valence-corrected chi connectivity index (χ4v) is 2.85. The summed E-state index contributed by atoms with van der Waals surface area (Å²) in [5, 5.41) is 17.5. The molecule has 164 valence electrons. The van der Waals surface area contributed by atoms with Gasteiger partial charge in [0.1, 0.15) is 11.5 Å². The van der Waals surface area contributed by atoms with E-state index in [9.17, 15) is 9.59 Å². The van der Waals surface area contributed by atoms with Crippen LogP contribution >= 0.6 is 0 Å². The number of benzene rings is 3. The lowest BCUT2D eigenvalue weighted by atomic mass is 10.1. The van der Waals surface area contributed by atoms with Gasteiger partial charge in [0.2, 0.25) is 0 Å². The van der Waals surface area contributed by atoms with Crippen molar-refractivity contribution >= 4 is 29.0 Å². The van der Waals surface area contributed by atoms with E-state index in [1.165, 1.54) is 20.3 Å². The molecule has 0 aliphatic carbocycles. The minimum absolute atomic E-state index is 0.141. The van der Waals surface area contributed by atoms with Crippen molar-refractivity contribution < 1.29 is 24.3 Å². The summed E-state index contributed by atoms with van der Waals surface area (Å²) in [6.07, 6.45) is 0. The molecule has 0 unspecified atom stereocenters. The number of amides is 2. The molecule has 5 N–H and O–H groups in total. The summed E-state index contributed by atoms with van der Waals surface area (Å²) in [5.74, 6) is 0.298. The molecule has 3 rings (SSSR count). The Morgan fingerprint density at radius 2 is 1.19 bits per heavy atom. The zero-order valence-corrected chi connectivity index (χ0v) is 17.5. The van der Waals surface area contributed by atoms with E-state index in [4.69, 9.17) is 20.4 Å². The van der Waals surface area contributed by atoms with Gasteiger partial charge < -0.3 is 31.0 Å². The monoisotopic (exact) mass is 434 g/mol. The molecule has 0 saturated heterocycles. The lowest BCUT2D eigenvalue weighted by Crippen LogP contribution is -2.19. The second-order valence-electron chi connectivity index (χ2n) is 6.61. The minimum atomic E-state index is -0.413. The maximum absolute atomic E-state index is 12.8. The Labute approximate surface area is 184 Å². The van der Waals surface area contributed by atoms with Crippen LogP contribution in [0.4, 0.5) is 11.4 Å². The third-order valence-corrected chi connectivity index (χ3v) is 4.62. The average molecular weight is 434 g/mol. The molecule has 9 heteroatoms. The number of amidine groups is 1. The first-order chi connectivity index (χ1) is 15.4. The number of nitrogens with zero attached hydrogens (tertiary/aromatic N) is 1. The predicted octanol–water partition coefficient (Wildman–Crippen LogP) is 3.30. The largest absolute Gasteiger partial charge is 0.497 e. The number of ether oxygens (including phenoxy) is 2. The summed E-state index contributed by atoms with van der Waals surface area (Å²) in [7, 11) is 3.07. The van der Waals surface area contributed by atoms with Crippen molar-refractivity contribution in [3.05, 3.63) is 83.4 Å². The number of anilines is 2. The molecular weight excluding hydrogens is 412 g/mol. The SMILES string of the molecule is COc1ccc(C(=O)Nc2ccc(C(N)=NO)cc2NC(=O)c2ccc(OC)cc2)cc1. The molecule has 0 bridgehead atoms. The smallest absolute Gasteiger partial charge is 0.255 e. The maximum atomic E-state index is 12.8. The Hall–Kier alpha value is -4.53. The first-order valence-corrected chi connectivity index (χ1v) is 9.48. The van der Waals surface area contributed by atoms with Gasteiger partial charge in [0.05, 0.1) is 25.6 Å². The second-order valence-corrected chi connectivity index (χ2v) is 6.61. The first-order valence-electron chi connectivity index (χ1n) is 9.48. The minimum Gasteiger partial charge on any atom is -0.497 e. The molecular formula is C23H22N4O5. The van der Waals surface area contributed by atoms with Crippen molar-refractivity contribution in [1.82, 2.24) is 0 Å². The second kappa shape index (κ2) is 9.98. The fourth-order valence-electron chi connectivity index (χ4n) is 2.85. The molecule has 3 aromatic rings. The van der Waals surface area contributed by atoms with Gasteiger partial charge in [-0.3, -0.25) is 9.59 Å². The van der Waals surface area contributed by atoms with Gasteiger partial charge in [-0.05, 0) is 66.7 Å². The van der Waals surface area contributed by atoms with E-state index in [1.807, 2.05) is 0 Å². The highest BCUT2D eigenvalue weighted by Gasteiger charge is 2.15. The van der Waals surface area contributed by atoms with E-state index in [-0.39, 0.29) is 17.4 Å². The molecule has 9 nitrogen and oxygen atoms in total. The van der Waals surface area contributed by atoms with Crippen LogP contribution in [0.25, 0.3) is 0 Å². The Bertz CT molecular complexity index is 1140. The normalized spacial score (nSPS) is 10.9. The number of rotatable bonds is 7. The van der Waals surface area contributed by atoms with E-state index in [2.05, 4.69) is 15.8 Å². The molecule has 0 heterocycles. The van der Waals surface area contributed by atoms with Crippen molar-refractivity contribution in [2.75, 3.05) is 24.9 Å². The Balaban J connectivity index is 1.89. The van der Waals surface area contributed by atoms with Gasteiger partial charge in [-0.15, -0.1) is 0 Å². The lowest BCUT2D eigenvalue weighted by Gasteiger charge is -2.14. The number of methoxy groups -OCH3 is 2. The van der Waals surface area contributed by atoms with Gasteiger partial charge in [0, 0.05) is 16.7 Å². The quantitative estimate of drug-likeness (QED) is 0.195.